The normalized spacial score (nSPS) is 12.2. The fourth-order valence-corrected chi connectivity index (χ4v) is 2.82. The average Bonchev–Trinajstić information content (AvgIpc) is 2.68. The van der Waals surface area contributed by atoms with Crippen molar-refractivity contribution in [2.45, 2.75) is 38.8 Å². The van der Waals surface area contributed by atoms with E-state index in [2.05, 4.69) is 34.3 Å². The standard InChI is InChI=1S/C21H25N3O/c1-2-3-4-10-15-25-21(17-11-6-5-7-12-17)24-20-18-13-8-9-14-19(18)22-16-23-20/h5-9,11-14,16,21H,2-4,10,15H2,1H3,(H,22,23,24). The first-order chi connectivity index (χ1) is 12.4. The van der Waals surface area contributed by atoms with E-state index in [1.807, 2.05) is 42.5 Å². The second-order valence-electron chi connectivity index (χ2n) is 6.11. The first kappa shape index (κ1) is 17.4. The maximum atomic E-state index is 6.16. The summed E-state index contributed by atoms with van der Waals surface area (Å²) in [6.07, 6.45) is 6.13. The van der Waals surface area contributed by atoms with Gasteiger partial charge < -0.3 is 10.1 Å². The number of para-hydroxylation sites is 1. The Morgan fingerprint density at radius 3 is 2.56 bits per heavy atom. The SMILES string of the molecule is CCCCCCOC(Nc1ncnc2ccccc12)c1ccccc1. The lowest BCUT2D eigenvalue weighted by Crippen LogP contribution is -2.16. The molecule has 4 nitrogen and oxygen atoms in total. The maximum Gasteiger partial charge on any atom is 0.155 e. The number of rotatable bonds is 9. The van der Waals surface area contributed by atoms with Crippen LogP contribution in [0.15, 0.2) is 60.9 Å². The predicted molar refractivity (Wildman–Crippen MR) is 102 cm³/mol. The summed E-state index contributed by atoms with van der Waals surface area (Å²) in [5, 5.41) is 4.46. The predicted octanol–water partition coefficient (Wildman–Crippen LogP) is 5.34. The molecule has 0 fully saturated rings. The monoisotopic (exact) mass is 335 g/mol. The van der Waals surface area contributed by atoms with Gasteiger partial charge in [0.25, 0.3) is 0 Å². The van der Waals surface area contributed by atoms with Gasteiger partial charge in [-0.3, -0.25) is 0 Å². The zero-order valence-electron chi connectivity index (χ0n) is 14.7. The molecule has 0 saturated heterocycles. The van der Waals surface area contributed by atoms with E-state index in [0.29, 0.717) is 0 Å². The molecule has 1 N–H and O–H groups in total. The number of fused-ring (bicyclic) bond motifs is 1. The van der Waals surface area contributed by atoms with Gasteiger partial charge in [0.05, 0.1) is 5.52 Å². The molecule has 25 heavy (non-hydrogen) atoms. The van der Waals surface area contributed by atoms with Crippen molar-refractivity contribution in [2.24, 2.45) is 0 Å². The Morgan fingerprint density at radius 1 is 0.920 bits per heavy atom. The molecule has 0 bridgehead atoms. The van der Waals surface area contributed by atoms with Gasteiger partial charge in [0.2, 0.25) is 0 Å². The highest BCUT2D eigenvalue weighted by atomic mass is 16.5. The Morgan fingerprint density at radius 2 is 1.72 bits per heavy atom. The molecular formula is C21H25N3O. The molecule has 3 aromatic rings. The van der Waals surface area contributed by atoms with Gasteiger partial charge in [0.1, 0.15) is 12.1 Å². The van der Waals surface area contributed by atoms with Gasteiger partial charge in [-0.15, -0.1) is 0 Å². The van der Waals surface area contributed by atoms with E-state index in [-0.39, 0.29) is 6.23 Å². The second kappa shape index (κ2) is 9.14. The first-order valence-electron chi connectivity index (χ1n) is 9.01. The molecule has 0 spiro atoms. The van der Waals surface area contributed by atoms with Gasteiger partial charge >= 0.3 is 0 Å². The van der Waals surface area contributed by atoms with Crippen molar-refractivity contribution in [3.05, 3.63) is 66.5 Å². The van der Waals surface area contributed by atoms with Crippen molar-refractivity contribution in [1.82, 2.24) is 9.97 Å². The second-order valence-corrected chi connectivity index (χ2v) is 6.11. The summed E-state index contributed by atoms with van der Waals surface area (Å²) in [4.78, 5) is 8.75. The molecule has 3 rings (SSSR count). The molecular weight excluding hydrogens is 310 g/mol. The van der Waals surface area contributed by atoms with Crippen molar-refractivity contribution in [3.63, 3.8) is 0 Å². The van der Waals surface area contributed by atoms with E-state index in [1.165, 1.54) is 19.3 Å². The summed E-state index contributed by atoms with van der Waals surface area (Å²) in [6.45, 7) is 2.95. The molecule has 4 heteroatoms. The largest absolute Gasteiger partial charge is 0.354 e. The number of benzene rings is 2. The molecule has 0 aliphatic carbocycles. The number of nitrogens with zero attached hydrogens (tertiary/aromatic N) is 2. The average molecular weight is 335 g/mol. The van der Waals surface area contributed by atoms with Gasteiger partial charge in [-0.05, 0) is 18.6 Å². The fourth-order valence-electron chi connectivity index (χ4n) is 2.82. The maximum absolute atomic E-state index is 6.16. The lowest BCUT2D eigenvalue weighted by atomic mass is 10.2. The van der Waals surface area contributed by atoms with Gasteiger partial charge in [-0.1, -0.05) is 68.7 Å². The Hall–Kier alpha value is -2.46. The molecule has 1 aromatic heterocycles. The summed E-state index contributed by atoms with van der Waals surface area (Å²) in [7, 11) is 0. The Labute approximate surface area is 149 Å². The van der Waals surface area contributed by atoms with E-state index in [4.69, 9.17) is 4.74 Å². The molecule has 0 amide bonds. The molecule has 0 radical (unpaired) electrons. The van der Waals surface area contributed by atoms with Crippen molar-refractivity contribution in [1.29, 1.82) is 0 Å². The van der Waals surface area contributed by atoms with Crippen LogP contribution in [-0.4, -0.2) is 16.6 Å². The minimum atomic E-state index is -0.221. The van der Waals surface area contributed by atoms with E-state index in [1.54, 1.807) is 6.33 Å². The van der Waals surface area contributed by atoms with Crippen LogP contribution in [0, 0.1) is 0 Å². The van der Waals surface area contributed by atoms with E-state index in [9.17, 15) is 0 Å². The topological polar surface area (TPSA) is 47.0 Å². The minimum absolute atomic E-state index is 0.221. The number of nitrogens with one attached hydrogen (secondary N) is 1. The zero-order chi connectivity index (χ0) is 17.3. The van der Waals surface area contributed by atoms with E-state index < -0.39 is 0 Å². The van der Waals surface area contributed by atoms with Crippen LogP contribution in [0.2, 0.25) is 0 Å². The molecule has 0 aliphatic rings. The fraction of sp³-hybridized carbons (Fsp3) is 0.333. The molecule has 0 saturated carbocycles. The highest BCUT2D eigenvalue weighted by Gasteiger charge is 2.14. The van der Waals surface area contributed by atoms with Gasteiger partial charge in [-0.2, -0.15) is 0 Å². The van der Waals surface area contributed by atoms with E-state index in [0.717, 1.165) is 35.3 Å². The van der Waals surface area contributed by atoms with Crippen molar-refractivity contribution >= 4 is 16.7 Å². The lowest BCUT2D eigenvalue weighted by Gasteiger charge is -2.21. The quantitative estimate of drug-likeness (QED) is 0.424. The van der Waals surface area contributed by atoms with Crippen LogP contribution < -0.4 is 5.32 Å². The van der Waals surface area contributed by atoms with Gasteiger partial charge in [0.15, 0.2) is 6.23 Å². The van der Waals surface area contributed by atoms with Crippen LogP contribution in [0.4, 0.5) is 5.82 Å². The third-order valence-electron chi connectivity index (χ3n) is 4.20. The third kappa shape index (κ3) is 4.77. The Balaban J connectivity index is 1.77. The van der Waals surface area contributed by atoms with Crippen molar-refractivity contribution in [3.8, 4) is 0 Å². The van der Waals surface area contributed by atoms with Crippen molar-refractivity contribution < 1.29 is 4.74 Å². The van der Waals surface area contributed by atoms with Gasteiger partial charge in [0, 0.05) is 17.6 Å². The lowest BCUT2D eigenvalue weighted by molar-refractivity contribution is 0.0688. The smallest absolute Gasteiger partial charge is 0.155 e. The summed E-state index contributed by atoms with van der Waals surface area (Å²) in [5.41, 5.74) is 2.02. The molecule has 1 atom stereocenters. The van der Waals surface area contributed by atoms with Crippen LogP contribution in [0.1, 0.15) is 44.4 Å². The highest BCUT2D eigenvalue weighted by molar-refractivity contribution is 5.88. The Kier molecular flexibility index (Phi) is 6.35. The number of ether oxygens (including phenoxy) is 1. The van der Waals surface area contributed by atoms with Gasteiger partial charge in [-0.25, -0.2) is 9.97 Å². The van der Waals surface area contributed by atoms with Crippen LogP contribution in [0.25, 0.3) is 10.9 Å². The minimum Gasteiger partial charge on any atom is -0.354 e. The number of hydrogen-bond acceptors (Lipinski definition) is 4. The van der Waals surface area contributed by atoms with Crippen LogP contribution in [-0.2, 0) is 4.74 Å². The van der Waals surface area contributed by atoms with Crippen LogP contribution in [0.3, 0.4) is 0 Å². The van der Waals surface area contributed by atoms with E-state index >= 15 is 0 Å². The number of hydrogen-bond donors (Lipinski definition) is 1. The number of aromatic nitrogens is 2. The zero-order valence-corrected chi connectivity index (χ0v) is 14.7. The summed E-state index contributed by atoms with van der Waals surface area (Å²) < 4.78 is 6.16. The first-order valence-corrected chi connectivity index (χ1v) is 9.01. The summed E-state index contributed by atoms with van der Waals surface area (Å²) in [5.74, 6) is 0.799. The van der Waals surface area contributed by atoms with Crippen LogP contribution in [0.5, 0.6) is 0 Å². The molecule has 1 heterocycles. The molecule has 2 aromatic carbocycles. The Bertz CT molecular complexity index is 771. The summed E-state index contributed by atoms with van der Waals surface area (Å²) in [6, 6.07) is 18.2. The molecule has 1 unspecified atom stereocenters. The highest BCUT2D eigenvalue weighted by Crippen LogP contribution is 2.25. The summed E-state index contributed by atoms with van der Waals surface area (Å²) >= 11 is 0. The van der Waals surface area contributed by atoms with Crippen molar-refractivity contribution in [2.75, 3.05) is 11.9 Å². The number of unbranched alkanes of at least 4 members (excludes halogenated alkanes) is 3. The molecule has 0 aliphatic heterocycles. The van der Waals surface area contributed by atoms with Crippen LogP contribution >= 0.6 is 0 Å². The number of anilines is 1. The molecule has 130 valence electrons. The third-order valence-corrected chi connectivity index (χ3v) is 4.20.